The number of rotatable bonds is 7. The lowest BCUT2D eigenvalue weighted by atomic mass is 9.95. The molecule has 172 valence electrons. The van der Waals surface area contributed by atoms with Crippen LogP contribution in [-0.2, 0) is 4.79 Å². The predicted molar refractivity (Wildman–Crippen MR) is 122 cm³/mol. The summed E-state index contributed by atoms with van der Waals surface area (Å²) in [5, 5.41) is 9.15. The minimum Gasteiger partial charge on any atom is -0.497 e. The van der Waals surface area contributed by atoms with Crippen molar-refractivity contribution in [2.24, 2.45) is 5.92 Å². The highest BCUT2D eigenvalue weighted by Crippen LogP contribution is 2.32. The monoisotopic (exact) mass is 442 g/mol. The lowest BCUT2D eigenvalue weighted by Crippen LogP contribution is -2.44. The summed E-state index contributed by atoms with van der Waals surface area (Å²) in [6.45, 7) is 4.43. The Balaban J connectivity index is 1.37. The first-order valence-corrected chi connectivity index (χ1v) is 11.3. The number of carboxylic acid groups (broad SMARTS) is 1. The Bertz CT molecular complexity index is 936. The van der Waals surface area contributed by atoms with Crippen molar-refractivity contribution in [2.75, 3.05) is 36.5 Å². The van der Waals surface area contributed by atoms with Crippen LogP contribution in [0.3, 0.4) is 0 Å². The standard InChI is InChI=1S/C25H31FN2O4/c1-17-16-27(23-15-21(31-2)9-10-22(23)26)13-11-24(17)32-20-7-5-18(6-8-20)28-12-3-4-19(28)14-25(29)30/h5-10,15,17,19,24H,3-4,11-14,16H2,1-2H3,(H,29,30)/t17?,19-,24?/m1/s1. The highest BCUT2D eigenvalue weighted by Gasteiger charge is 2.30. The third kappa shape index (κ3) is 4.92. The van der Waals surface area contributed by atoms with E-state index in [2.05, 4.69) is 16.7 Å². The molecule has 0 aliphatic carbocycles. The second-order valence-electron chi connectivity index (χ2n) is 8.77. The Kier molecular flexibility index (Phi) is 6.72. The van der Waals surface area contributed by atoms with Crippen LogP contribution in [0.1, 0.15) is 32.6 Å². The van der Waals surface area contributed by atoms with Gasteiger partial charge in [0.2, 0.25) is 0 Å². The van der Waals surface area contributed by atoms with Gasteiger partial charge in [0.25, 0.3) is 0 Å². The molecule has 2 unspecified atom stereocenters. The van der Waals surface area contributed by atoms with Crippen LogP contribution in [0.25, 0.3) is 0 Å². The lowest BCUT2D eigenvalue weighted by Gasteiger charge is -2.38. The highest BCUT2D eigenvalue weighted by atomic mass is 19.1. The average molecular weight is 443 g/mol. The third-order valence-corrected chi connectivity index (χ3v) is 6.56. The molecular weight excluding hydrogens is 411 g/mol. The first-order chi connectivity index (χ1) is 15.4. The van der Waals surface area contributed by atoms with Crippen molar-refractivity contribution in [1.29, 1.82) is 0 Å². The van der Waals surface area contributed by atoms with Crippen molar-refractivity contribution in [3.05, 3.63) is 48.3 Å². The minimum absolute atomic E-state index is 0.0531. The Labute approximate surface area is 188 Å². The van der Waals surface area contributed by atoms with Crippen molar-refractivity contribution in [3.8, 4) is 11.5 Å². The molecule has 7 heteroatoms. The average Bonchev–Trinajstić information content (AvgIpc) is 3.23. The maximum atomic E-state index is 14.4. The Morgan fingerprint density at radius 1 is 1.12 bits per heavy atom. The van der Waals surface area contributed by atoms with Crippen LogP contribution in [0.5, 0.6) is 11.5 Å². The van der Waals surface area contributed by atoms with Crippen molar-refractivity contribution >= 4 is 17.3 Å². The molecule has 0 bridgehead atoms. The van der Waals surface area contributed by atoms with E-state index in [1.54, 1.807) is 19.2 Å². The van der Waals surface area contributed by atoms with Gasteiger partial charge in [0.1, 0.15) is 23.4 Å². The molecule has 2 aromatic rings. The van der Waals surface area contributed by atoms with E-state index in [0.29, 0.717) is 24.5 Å². The molecule has 4 rings (SSSR count). The van der Waals surface area contributed by atoms with Gasteiger partial charge >= 0.3 is 5.97 Å². The summed E-state index contributed by atoms with van der Waals surface area (Å²) in [4.78, 5) is 15.4. The maximum Gasteiger partial charge on any atom is 0.305 e. The van der Waals surface area contributed by atoms with Gasteiger partial charge in [-0.2, -0.15) is 0 Å². The lowest BCUT2D eigenvalue weighted by molar-refractivity contribution is -0.137. The van der Waals surface area contributed by atoms with Gasteiger partial charge in [-0.3, -0.25) is 4.79 Å². The molecule has 32 heavy (non-hydrogen) atoms. The van der Waals surface area contributed by atoms with E-state index in [9.17, 15) is 9.18 Å². The second-order valence-corrected chi connectivity index (χ2v) is 8.77. The van der Waals surface area contributed by atoms with E-state index in [4.69, 9.17) is 14.6 Å². The number of ether oxygens (including phenoxy) is 2. The molecule has 0 saturated carbocycles. The molecule has 1 N–H and O–H groups in total. The molecule has 2 heterocycles. The van der Waals surface area contributed by atoms with Crippen LogP contribution in [0.15, 0.2) is 42.5 Å². The van der Waals surface area contributed by atoms with Gasteiger partial charge < -0.3 is 24.4 Å². The zero-order chi connectivity index (χ0) is 22.7. The summed E-state index contributed by atoms with van der Waals surface area (Å²) in [5.74, 6) is 0.691. The molecule has 0 spiro atoms. The van der Waals surface area contributed by atoms with E-state index < -0.39 is 5.97 Å². The van der Waals surface area contributed by atoms with Gasteiger partial charge in [-0.15, -0.1) is 0 Å². The number of methoxy groups -OCH3 is 1. The van der Waals surface area contributed by atoms with E-state index in [1.807, 2.05) is 24.3 Å². The molecule has 2 aliphatic heterocycles. The largest absolute Gasteiger partial charge is 0.497 e. The molecule has 0 radical (unpaired) electrons. The summed E-state index contributed by atoms with van der Waals surface area (Å²) in [5.41, 5.74) is 1.61. The van der Waals surface area contributed by atoms with Gasteiger partial charge in [-0.1, -0.05) is 6.92 Å². The smallest absolute Gasteiger partial charge is 0.305 e. The van der Waals surface area contributed by atoms with Gasteiger partial charge in [0.15, 0.2) is 0 Å². The fraction of sp³-hybridized carbons (Fsp3) is 0.480. The molecule has 6 nitrogen and oxygen atoms in total. The van der Waals surface area contributed by atoms with Gasteiger partial charge in [0, 0.05) is 49.8 Å². The summed E-state index contributed by atoms with van der Waals surface area (Å²) >= 11 is 0. The summed E-state index contributed by atoms with van der Waals surface area (Å²) in [6.07, 6.45) is 2.95. The first-order valence-electron chi connectivity index (χ1n) is 11.3. The molecule has 0 amide bonds. The number of carbonyl (C=O) groups is 1. The normalized spacial score (nSPS) is 23.3. The molecular formula is C25H31FN2O4. The Morgan fingerprint density at radius 2 is 1.88 bits per heavy atom. The molecule has 0 aromatic heterocycles. The zero-order valence-electron chi connectivity index (χ0n) is 18.7. The maximum absolute atomic E-state index is 14.4. The predicted octanol–water partition coefficient (Wildman–Crippen LogP) is 4.57. The highest BCUT2D eigenvalue weighted by molar-refractivity contribution is 5.69. The molecule has 2 fully saturated rings. The van der Waals surface area contributed by atoms with Crippen LogP contribution >= 0.6 is 0 Å². The number of anilines is 2. The number of hydrogen-bond acceptors (Lipinski definition) is 5. The number of halogens is 1. The Hall–Kier alpha value is -2.96. The first kappa shape index (κ1) is 22.2. The van der Waals surface area contributed by atoms with Gasteiger partial charge in [0.05, 0.1) is 19.2 Å². The van der Waals surface area contributed by atoms with E-state index in [1.165, 1.54) is 6.07 Å². The quantitative estimate of drug-likeness (QED) is 0.678. The van der Waals surface area contributed by atoms with Crippen LogP contribution in [0.4, 0.5) is 15.8 Å². The van der Waals surface area contributed by atoms with Crippen molar-refractivity contribution in [1.82, 2.24) is 0 Å². The molecule has 3 atom stereocenters. The number of benzene rings is 2. The molecule has 2 aromatic carbocycles. The van der Waals surface area contributed by atoms with E-state index >= 15 is 0 Å². The van der Waals surface area contributed by atoms with Crippen LogP contribution < -0.4 is 19.3 Å². The van der Waals surface area contributed by atoms with Crippen molar-refractivity contribution in [2.45, 2.75) is 44.8 Å². The van der Waals surface area contributed by atoms with E-state index in [0.717, 1.165) is 37.2 Å². The van der Waals surface area contributed by atoms with Crippen LogP contribution in [0.2, 0.25) is 0 Å². The van der Waals surface area contributed by atoms with Crippen molar-refractivity contribution in [3.63, 3.8) is 0 Å². The minimum atomic E-state index is -0.754. The fourth-order valence-corrected chi connectivity index (χ4v) is 4.86. The summed E-state index contributed by atoms with van der Waals surface area (Å²) in [7, 11) is 1.58. The number of piperidine rings is 1. The zero-order valence-corrected chi connectivity index (χ0v) is 18.7. The Morgan fingerprint density at radius 3 is 2.56 bits per heavy atom. The number of nitrogens with zero attached hydrogens (tertiary/aromatic N) is 2. The SMILES string of the molecule is COc1ccc(F)c(N2CCC(Oc3ccc(N4CCC[C@@H]4CC(=O)O)cc3)C(C)C2)c1. The number of carboxylic acids is 1. The topological polar surface area (TPSA) is 62.2 Å². The van der Waals surface area contributed by atoms with Crippen molar-refractivity contribution < 1.29 is 23.8 Å². The fourth-order valence-electron chi connectivity index (χ4n) is 4.86. The van der Waals surface area contributed by atoms with E-state index in [-0.39, 0.29) is 30.3 Å². The van der Waals surface area contributed by atoms with Gasteiger partial charge in [-0.25, -0.2) is 4.39 Å². The number of hydrogen-bond donors (Lipinski definition) is 1. The number of aliphatic carboxylic acids is 1. The molecule has 2 aliphatic rings. The third-order valence-electron chi connectivity index (χ3n) is 6.56. The second kappa shape index (κ2) is 9.67. The van der Waals surface area contributed by atoms with Gasteiger partial charge in [-0.05, 0) is 49.2 Å². The van der Waals surface area contributed by atoms with Crippen LogP contribution in [-0.4, -0.2) is 50.0 Å². The molecule has 2 saturated heterocycles. The van der Waals surface area contributed by atoms with Crippen LogP contribution in [0, 0.1) is 11.7 Å². The summed E-state index contributed by atoms with van der Waals surface area (Å²) < 4.78 is 25.9. The summed E-state index contributed by atoms with van der Waals surface area (Å²) in [6, 6.07) is 12.8.